The molecule has 2 aromatic heterocycles. The minimum atomic E-state index is -1.45. The van der Waals surface area contributed by atoms with Gasteiger partial charge in [-0.3, -0.25) is 14.5 Å². The molecule has 5 aromatic rings. The number of benzene rings is 3. The van der Waals surface area contributed by atoms with Crippen LogP contribution in [0.4, 0.5) is 27.6 Å². The Bertz CT molecular complexity index is 2040. The molecule has 51 heavy (non-hydrogen) atoms. The van der Waals surface area contributed by atoms with Gasteiger partial charge in [-0.25, -0.2) is 26.9 Å². The van der Waals surface area contributed by atoms with E-state index in [2.05, 4.69) is 15.2 Å². The third-order valence-electron chi connectivity index (χ3n) is 8.72. The Labute approximate surface area is 290 Å². The van der Waals surface area contributed by atoms with Gasteiger partial charge >= 0.3 is 0 Å². The van der Waals surface area contributed by atoms with Crippen LogP contribution in [0.1, 0.15) is 32.0 Å². The highest BCUT2D eigenvalue weighted by molar-refractivity contribution is 6.04. The molecule has 2 amide bonds. The third kappa shape index (κ3) is 7.80. The van der Waals surface area contributed by atoms with Crippen molar-refractivity contribution in [1.82, 2.24) is 19.4 Å². The number of hydrogen-bond acceptors (Lipinski definition) is 6. The Morgan fingerprint density at radius 1 is 0.882 bits per heavy atom. The number of carbonyl (C=O) groups is 2. The van der Waals surface area contributed by atoms with Crippen LogP contribution in [-0.2, 0) is 13.6 Å². The summed E-state index contributed by atoms with van der Waals surface area (Å²) in [4.78, 5) is 34.2. The molecule has 0 unspecified atom stereocenters. The van der Waals surface area contributed by atoms with Crippen molar-refractivity contribution in [3.8, 4) is 17.4 Å². The van der Waals surface area contributed by atoms with Crippen molar-refractivity contribution in [2.75, 3.05) is 44.8 Å². The summed E-state index contributed by atoms with van der Waals surface area (Å²) in [6.07, 6.45) is 0.158. The molecule has 1 saturated heterocycles. The summed E-state index contributed by atoms with van der Waals surface area (Å²) in [6.45, 7) is 2.38. The highest BCUT2D eigenvalue weighted by Gasteiger charge is 2.25. The molecule has 0 bridgehead atoms. The molecule has 1 fully saturated rings. The molecule has 1 aliphatic heterocycles. The fourth-order valence-corrected chi connectivity index (χ4v) is 5.76. The zero-order valence-corrected chi connectivity index (χ0v) is 27.8. The molecule has 1 aliphatic rings. The first-order valence-corrected chi connectivity index (χ1v) is 16.1. The monoisotopic (exact) mass is 707 g/mol. The van der Waals surface area contributed by atoms with Crippen molar-refractivity contribution in [2.24, 2.45) is 7.05 Å². The van der Waals surface area contributed by atoms with Gasteiger partial charge in [0.15, 0.2) is 17.7 Å². The van der Waals surface area contributed by atoms with E-state index in [4.69, 9.17) is 9.47 Å². The lowest BCUT2D eigenvalue weighted by atomic mass is 10.1. The molecule has 266 valence electrons. The number of nitrogens with zero attached hydrogens (tertiary/aromatic N) is 4. The molecule has 0 radical (unpaired) electrons. The van der Waals surface area contributed by atoms with Gasteiger partial charge in [0.1, 0.15) is 36.4 Å². The summed E-state index contributed by atoms with van der Waals surface area (Å²) in [5.41, 5.74) is 1.16. The van der Waals surface area contributed by atoms with E-state index in [0.29, 0.717) is 56.0 Å². The van der Waals surface area contributed by atoms with Gasteiger partial charge in [-0.05, 0) is 55.0 Å². The van der Waals surface area contributed by atoms with Gasteiger partial charge in [0.2, 0.25) is 5.88 Å². The van der Waals surface area contributed by atoms with Crippen LogP contribution in [0.2, 0.25) is 0 Å². The van der Waals surface area contributed by atoms with Crippen molar-refractivity contribution >= 4 is 28.4 Å². The number of pyridine rings is 1. The number of anilines is 1. The Morgan fingerprint density at radius 3 is 2.25 bits per heavy atom. The number of aryl methyl sites for hydroxylation is 1. The second-order valence-corrected chi connectivity index (χ2v) is 12.2. The lowest BCUT2D eigenvalue weighted by molar-refractivity contribution is 0.0619. The average molecular weight is 708 g/mol. The van der Waals surface area contributed by atoms with Crippen molar-refractivity contribution < 1.29 is 41.0 Å². The van der Waals surface area contributed by atoms with E-state index in [1.807, 2.05) is 29.2 Å². The predicted octanol–water partition coefficient (Wildman–Crippen LogP) is 6.99. The second-order valence-electron chi connectivity index (χ2n) is 12.2. The van der Waals surface area contributed by atoms with Gasteiger partial charge in [0.25, 0.3) is 11.8 Å². The molecule has 6 rings (SSSR count). The van der Waals surface area contributed by atoms with Gasteiger partial charge in [0, 0.05) is 62.9 Å². The van der Waals surface area contributed by atoms with E-state index < -0.39 is 53.9 Å². The van der Waals surface area contributed by atoms with Crippen LogP contribution in [0, 0.1) is 24.4 Å². The molecule has 0 saturated carbocycles. The molecule has 1 N–H and O–H groups in total. The van der Waals surface area contributed by atoms with Crippen LogP contribution in [0.5, 0.6) is 17.4 Å². The number of nitrogens with one attached hydrogen (secondary N) is 1. The van der Waals surface area contributed by atoms with Crippen molar-refractivity contribution in [1.29, 1.82) is 0 Å². The maximum absolute atomic E-state index is 14.2. The lowest BCUT2D eigenvalue weighted by Crippen LogP contribution is -2.48. The molecular formula is C37H34F5N5O4. The molecule has 3 heterocycles. The van der Waals surface area contributed by atoms with E-state index >= 15 is 0 Å². The van der Waals surface area contributed by atoms with Crippen LogP contribution < -0.4 is 14.8 Å². The number of hydrogen-bond donors (Lipinski definition) is 1. The Morgan fingerprint density at radius 2 is 1.59 bits per heavy atom. The fourth-order valence-electron chi connectivity index (χ4n) is 5.76. The second kappa shape index (κ2) is 15.2. The fraction of sp³-hybridized carbons (Fsp3) is 0.270. The standard InChI is InChI=1S/C37H34F5N5O4/c1-22-30(40)17-29(35(42)34(22)41)36(48)44-25-6-10-33(43-20-25)51-27-9-5-24-15-32(45(2)31(24)16-27)37(49)47-13-11-46(12-14-47)21-23-3-7-26(8-4-23)50-28(18-38)19-39/h3-10,15-17,20,28H,11-14,18-19,21H2,1-2H3,(H,44,48). The first-order valence-electron chi connectivity index (χ1n) is 16.1. The smallest absolute Gasteiger partial charge is 0.270 e. The number of amides is 2. The number of alkyl halides is 2. The van der Waals surface area contributed by atoms with E-state index in [1.165, 1.54) is 18.3 Å². The van der Waals surface area contributed by atoms with E-state index in [-0.39, 0.29) is 17.5 Å². The summed E-state index contributed by atoms with van der Waals surface area (Å²) in [5.74, 6) is -4.01. The Hall–Kier alpha value is -5.50. The van der Waals surface area contributed by atoms with Gasteiger partial charge in [-0.15, -0.1) is 0 Å². The van der Waals surface area contributed by atoms with Crippen molar-refractivity contribution in [3.63, 3.8) is 0 Å². The largest absolute Gasteiger partial charge is 0.485 e. The molecular weight excluding hydrogens is 673 g/mol. The van der Waals surface area contributed by atoms with Crippen LogP contribution in [0.15, 0.2) is 72.9 Å². The third-order valence-corrected chi connectivity index (χ3v) is 8.72. The predicted molar refractivity (Wildman–Crippen MR) is 180 cm³/mol. The average Bonchev–Trinajstić information content (AvgIpc) is 3.47. The highest BCUT2D eigenvalue weighted by atomic mass is 19.2. The van der Waals surface area contributed by atoms with Crippen LogP contribution >= 0.6 is 0 Å². The van der Waals surface area contributed by atoms with Crippen LogP contribution in [0.3, 0.4) is 0 Å². The normalized spacial score (nSPS) is 13.5. The van der Waals surface area contributed by atoms with Gasteiger partial charge in [-0.1, -0.05) is 12.1 Å². The minimum Gasteiger partial charge on any atom is -0.485 e. The number of piperazine rings is 1. The zero-order valence-electron chi connectivity index (χ0n) is 27.8. The Kier molecular flexibility index (Phi) is 10.5. The quantitative estimate of drug-likeness (QED) is 0.118. The molecule has 14 heteroatoms. The maximum atomic E-state index is 14.2. The summed E-state index contributed by atoms with van der Waals surface area (Å²) >= 11 is 0. The number of rotatable bonds is 11. The van der Waals surface area contributed by atoms with Gasteiger partial charge in [-0.2, -0.15) is 0 Å². The van der Waals surface area contributed by atoms with E-state index in [0.717, 1.165) is 23.4 Å². The topological polar surface area (TPSA) is 88.9 Å². The summed E-state index contributed by atoms with van der Waals surface area (Å²) in [7, 11) is 1.80. The van der Waals surface area contributed by atoms with Gasteiger partial charge < -0.3 is 24.3 Å². The molecule has 0 spiro atoms. The molecule has 0 aliphatic carbocycles. The number of aromatic nitrogens is 2. The lowest BCUT2D eigenvalue weighted by Gasteiger charge is -2.34. The first kappa shape index (κ1) is 35.3. The summed E-state index contributed by atoms with van der Waals surface area (Å²) in [6, 6.07) is 17.8. The number of halogens is 5. The Balaban J connectivity index is 1.04. The molecule has 0 atom stereocenters. The highest BCUT2D eigenvalue weighted by Crippen LogP contribution is 2.28. The summed E-state index contributed by atoms with van der Waals surface area (Å²) < 4.78 is 80.6. The number of ether oxygens (including phenoxy) is 2. The minimum absolute atomic E-state index is 0.0945. The van der Waals surface area contributed by atoms with Crippen molar-refractivity contribution in [3.05, 3.63) is 113 Å². The van der Waals surface area contributed by atoms with E-state index in [9.17, 15) is 31.5 Å². The number of fused-ring (bicyclic) bond motifs is 1. The van der Waals surface area contributed by atoms with Crippen LogP contribution in [-0.4, -0.2) is 76.8 Å². The van der Waals surface area contributed by atoms with Crippen LogP contribution in [0.25, 0.3) is 10.9 Å². The number of carbonyl (C=O) groups excluding carboxylic acids is 2. The SMILES string of the molecule is Cc1c(F)cc(C(=O)Nc2ccc(Oc3ccc4cc(C(=O)N5CCN(Cc6ccc(OC(CF)CF)cc6)CC5)n(C)c4c3)nc2)c(F)c1F. The maximum Gasteiger partial charge on any atom is 0.270 e. The molecule has 9 nitrogen and oxygen atoms in total. The van der Waals surface area contributed by atoms with Crippen molar-refractivity contribution in [2.45, 2.75) is 19.6 Å². The summed E-state index contributed by atoms with van der Waals surface area (Å²) in [5, 5.41) is 3.20. The zero-order chi connectivity index (χ0) is 36.2. The first-order chi connectivity index (χ1) is 24.5. The molecule has 3 aromatic carbocycles. The van der Waals surface area contributed by atoms with Gasteiger partial charge in [0.05, 0.1) is 23.0 Å². The van der Waals surface area contributed by atoms with E-state index in [1.54, 1.807) is 35.9 Å².